The van der Waals surface area contributed by atoms with Crippen molar-refractivity contribution in [3.8, 4) is 5.75 Å². The summed E-state index contributed by atoms with van der Waals surface area (Å²) in [6, 6.07) is 8.73. The van der Waals surface area contributed by atoms with Crippen molar-refractivity contribution in [3.63, 3.8) is 0 Å². The minimum Gasteiger partial charge on any atom is -0.489 e. The predicted molar refractivity (Wildman–Crippen MR) is 151 cm³/mol. The van der Waals surface area contributed by atoms with Crippen LogP contribution in [0.4, 0.5) is 0 Å². The van der Waals surface area contributed by atoms with Gasteiger partial charge in [-0.15, -0.1) is 0 Å². The Morgan fingerprint density at radius 2 is 1.90 bits per heavy atom. The molecule has 0 saturated carbocycles. The van der Waals surface area contributed by atoms with Crippen LogP contribution < -0.4 is 10.1 Å². The highest BCUT2D eigenvalue weighted by Crippen LogP contribution is 2.27. The largest absolute Gasteiger partial charge is 0.489 e. The zero-order valence-electron chi connectivity index (χ0n) is 22.1. The van der Waals surface area contributed by atoms with Crippen LogP contribution in [0.15, 0.2) is 53.7 Å². The van der Waals surface area contributed by atoms with Crippen molar-refractivity contribution in [2.75, 3.05) is 25.1 Å². The summed E-state index contributed by atoms with van der Waals surface area (Å²) in [5.74, 6) is 0.333. The van der Waals surface area contributed by atoms with Crippen LogP contribution in [0, 0.1) is 0 Å². The summed E-state index contributed by atoms with van der Waals surface area (Å²) in [6.45, 7) is 3.11. The van der Waals surface area contributed by atoms with Crippen molar-refractivity contribution in [2.24, 2.45) is 4.99 Å². The number of hydrogen-bond donors (Lipinski definition) is 1. The third kappa shape index (κ3) is 8.37. The summed E-state index contributed by atoms with van der Waals surface area (Å²) in [5.41, 5.74) is 2.47. The molecule has 1 fully saturated rings. The fourth-order valence-corrected chi connectivity index (χ4v) is 5.35. The molecule has 2 aliphatic rings. The molecule has 39 heavy (non-hydrogen) atoms. The predicted octanol–water partition coefficient (Wildman–Crippen LogP) is 3.61. The van der Waals surface area contributed by atoms with Gasteiger partial charge in [0.15, 0.2) is 0 Å². The standard InChI is InChI=1S/C28H33ClN4O5S/c1-19(34)33-13-11-23(12-14-33)38-27-16-26(28(35)31-17-20-5-7-21(29)8-6-20)30-18-24(27)25-10-9-22(32-25)4-3-15-39(2,36)37/h5-10,16,18,22-23H,3-4,11-15,17H2,1-2H3,(H,31,35). The number of benzene rings is 1. The second kappa shape index (κ2) is 12.7. The fourth-order valence-electron chi connectivity index (χ4n) is 4.54. The molecule has 9 nitrogen and oxygen atoms in total. The molecule has 208 valence electrons. The molecule has 4 rings (SSSR count). The first-order valence-electron chi connectivity index (χ1n) is 13.0. The van der Waals surface area contributed by atoms with Gasteiger partial charge in [-0.25, -0.2) is 8.42 Å². The van der Waals surface area contributed by atoms with Gasteiger partial charge in [0.05, 0.1) is 17.3 Å². The highest BCUT2D eigenvalue weighted by Gasteiger charge is 2.25. The molecule has 1 aromatic carbocycles. The number of halogens is 1. The van der Waals surface area contributed by atoms with Crippen LogP contribution in [0.2, 0.25) is 5.02 Å². The first kappa shape index (κ1) is 28.8. The third-order valence-corrected chi connectivity index (χ3v) is 8.00. The van der Waals surface area contributed by atoms with Gasteiger partial charge < -0.3 is 15.0 Å². The number of aromatic nitrogens is 1. The lowest BCUT2D eigenvalue weighted by Gasteiger charge is -2.32. The maximum Gasteiger partial charge on any atom is 0.270 e. The van der Waals surface area contributed by atoms with Gasteiger partial charge in [0, 0.05) is 68.7 Å². The Hall–Kier alpha value is -3.24. The Morgan fingerprint density at radius 1 is 1.18 bits per heavy atom. The van der Waals surface area contributed by atoms with E-state index in [1.54, 1.807) is 36.2 Å². The number of nitrogens with zero attached hydrogens (tertiary/aromatic N) is 3. The van der Waals surface area contributed by atoms with E-state index in [2.05, 4.69) is 10.3 Å². The molecular formula is C28H33ClN4O5S. The van der Waals surface area contributed by atoms with Crippen LogP contribution in [-0.2, 0) is 21.2 Å². The van der Waals surface area contributed by atoms with E-state index in [4.69, 9.17) is 21.3 Å². The molecule has 1 unspecified atom stereocenters. The van der Waals surface area contributed by atoms with Gasteiger partial charge in [-0.1, -0.05) is 29.8 Å². The van der Waals surface area contributed by atoms with Gasteiger partial charge >= 0.3 is 0 Å². The van der Waals surface area contributed by atoms with Crippen LogP contribution in [0.3, 0.4) is 0 Å². The zero-order valence-corrected chi connectivity index (χ0v) is 23.7. The van der Waals surface area contributed by atoms with Crippen LogP contribution in [0.25, 0.3) is 0 Å². The Labute approximate surface area is 234 Å². The Morgan fingerprint density at radius 3 is 2.56 bits per heavy atom. The summed E-state index contributed by atoms with van der Waals surface area (Å²) >= 11 is 5.94. The molecule has 1 aromatic heterocycles. The van der Waals surface area contributed by atoms with Crippen molar-refractivity contribution in [3.05, 3.63) is 70.5 Å². The lowest BCUT2D eigenvalue weighted by atomic mass is 10.1. The number of allylic oxidation sites excluding steroid dienone is 1. The second-order valence-electron chi connectivity index (χ2n) is 9.91. The Bertz CT molecular complexity index is 1370. The van der Waals surface area contributed by atoms with E-state index in [9.17, 15) is 18.0 Å². The third-order valence-electron chi connectivity index (χ3n) is 6.72. The summed E-state index contributed by atoms with van der Waals surface area (Å²) < 4.78 is 29.3. The number of nitrogens with one attached hydrogen (secondary N) is 1. The number of amides is 2. The molecule has 1 N–H and O–H groups in total. The summed E-state index contributed by atoms with van der Waals surface area (Å²) in [6.07, 6.45) is 9.02. The molecule has 0 spiro atoms. The number of sulfone groups is 1. The lowest BCUT2D eigenvalue weighted by Crippen LogP contribution is -2.40. The van der Waals surface area contributed by atoms with E-state index < -0.39 is 9.84 Å². The lowest BCUT2D eigenvalue weighted by molar-refractivity contribution is -0.130. The first-order chi connectivity index (χ1) is 18.6. The SMILES string of the molecule is CC(=O)N1CCC(Oc2cc(C(=O)NCc3ccc(Cl)cc3)ncc2C2=NC(CCCS(C)(=O)=O)C=C2)CC1. The molecule has 3 heterocycles. The molecule has 2 aromatic rings. The maximum absolute atomic E-state index is 12.9. The quantitative estimate of drug-likeness (QED) is 0.465. The van der Waals surface area contributed by atoms with Crippen molar-refractivity contribution in [1.82, 2.24) is 15.2 Å². The number of carbonyl (C=O) groups is 2. The molecule has 0 aliphatic carbocycles. The number of carbonyl (C=O) groups excluding carboxylic acids is 2. The topological polar surface area (TPSA) is 118 Å². The average molecular weight is 573 g/mol. The van der Waals surface area contributed by atoms with E-state index in [1.165, 1.54) is 6.26 Å². The van der Waals surface area contributed by atoms with Crippen molar-refractivity contribution in [2.45, 2.75) is 51.3 Å². The maximum atomic E-state index is 12.9. The molecule has 2 amide bonds. The monoisotopic (exact) mass is 572 g/mol. The summed E-state index contributed by atoms with van der Waals surface area (Å²) in [7, 11) is -3.02. The number of likely N-dealkylation sites (tertiary alicyclic amines) is 1. The minimum atomic E-state index is -3.02. The number of piperidine rings is 1. The number of pyridine rings is 1. The van der Waals surface area contributed by atoms with Crippen molar-refractivity contribution in [1.29, 1.82) is 0 Å². The fraction of sp³-hybridized carbons (Fsp3) is 0.429. The second-order valence-corrected chi connectivity index (χ2v) is 12.6. The smallest absolute Gasteiger partial charge is 0.270 e. The molecule has 0 radical (unpaired) electrons. The Balaban J connectivity index is 1.50. The minimum absolute atomic E-state index is 0.0464. The molecule has 1 saturated heterocycles. The van der Waals surface area contributed by atoms with Crippen LogP contribution in [-0.4, -0.2) is 73.1 Å². The molecule has 0 bridgehead atoms. The number of rotatable bonds is 10. The molecular weight excluding hydrogens is 540 g/mol. The average Bonchev–Trinajstić information content (AvgIpc) is 3.36. The Kier molecular flexibility index (Phi) is 9.40. The van der Waals surface area contributed by atoms with Gasteiger partial charge in [0.2, 0.25) is 5.91 Å². The number of ether oxygens (including phenoxy) is 1. The molecule has 11 heteroatoms. The number of aliphatic imine (C=N–C) groups is 1. The van der Waals surface area contributed by atoms with E-state index in [0.717, 1.165) is 5.56 Å². The number of hydrogen-bond acceptors (Lipinski definition) is 7. The van der Waals surface area contributed by atoms with Crippen molar-refractivity contribution >= 4 is 39.0 Å². The van der Waals surface area contributed by atoms with E-state index in [0.29, 0.717) is 67.4 Å². The normalized spacial score (nSPS) is 17.7. The highest BCUT2D eigenvalue weighted by molar-refractivity contribution is 7.90. The molecule has 2 aliphatic heterocycles. The van der Waals surface area contributed by atoms with Crippen molar-refractivity contribution < 1.29 is 22.7 Å². The van der Waals surface area contributed by atoms with Crippen LogP contribution in [0.5, 0.6) is 5.75 Å². The van der Waals surface area contributed by atoms with E-state index in [1.807, 2.05) is 24.3 Å². The first-order valence-corrected chi connectivity index (χ1v) is 15.4. The van der Waals surface area contributed by atoms with E-state index >= 15 is 0 Å². The highest BCUT2D eigenvalue weighted by atomic mass is 35.5. The van der Waals surface area contributed by atoms with Gasteiger partial charge in [-0.2, -0.15) is 0 Å². The summed E-state index contributed by atoms with van der Waals surface area (Å²) in [4.78, 5) is 35.6. The van der Waals surface area contributed by atoms with Gasteiger partial charge in [0.25, 0.3) is 5.91 Å². The van der Waals surface area contributed by atoms with Gasteiger partial charge in [-0.05, 0) is 36.6 Å². The van der Waals surface area contributed by atoms with E-state index in [-0.39, 0.29) is 35.4 Å². The molecule has 1 atom stereocenters. The van der Waals surface area contributed by atoms with Crippen LogP contribution >= 0.6 is 11.6 Å². The van der Waals surface area contributed by atoms with Gasteiger partial charge in [-0.3, -0.25) is 19.6 Å². The van der Waals surface area contributed by atoms with Gasteiger partial charge in [0.1, 0.15) is 27.4 Å². The zero-order chi connectivity index (χ0) is 28.0. The summed E-state index contributed by atoms with van der Waals surface area (Å²) in [5, 5.41) is 3.50. The van der Waals surface area contributed by atoms with Crippen LogP contribution in [0.1, 0.15) is 54.2 Å².